The number of thiocarbonyl (C=S) groups is 1. The van der Waals surface area contributed by atoms with E-state index in [0.717, 1.165) is 44.7 Å². The van der Waals surface area contributed by atoms with Crippen LogP contribution in [0, 0.1) is 0 Å². The molecule has 0 bridgehead atoms. The number of amides is 3. The van der Waals surface area contributed by atoms with Crippen molar-refractivity contribution in [1.29, 1.82) is 0 Å². The summed E-state index contributed by atoms with van der Waals surface area (Å²) in [6, 6.07) is 19.3. The zero-order valence-electron chi connectivity index (χ0n) is 18.4. The standard InChI is InChI=1S/C13H8N2O2S.C13H8N2OS2/c2*16-12-11(18-13(17)15-12)7-8-3-4-10-9(6-8)2-1-5-14-10/h2*1-7H,(H,15,16,17). The number of aromatic nitrogens is 2. The van der Waals surface area contributed by atoms with Gasteiger partial charge in [-0.1, -0.05) is 48.2 Å². The van der Waals surface area contributed by atoms with Crippen LogP contribution >= 0.6 is 35.7 Å². The largest absolute Gasteiger partial charge is 0.307 e. The molecule has 2 aliphatic rings. The van der Waals surface area contributed by atoms with Gasteiger partial charge in [-0.2, -0.15) is 0 Å². The molecule has 10 heteroatoms. The van der Waals surface area contributed by atoms with Crippen LogP contribution in [0.5, 0.6) is 0 Å². The molecule has 2 saturated heterocycles. The number of nitrogens with zero attached hydrogens (tertiary/aromatic N) is 2. The maximum atomic E-state index is 11.6. The minimum absolute atomic E-state index is 0.128. The van der Waals surface area contributed by atoms with Crippen LogP contribution in [-0.4, -0.2) is 31.3 Å². The summed E-state index contributed by atoms with van der Waals surface area (Å²) in [4.78, 5) is 43.5. The van der Waals surface area contributed by atoms with E-state index in [9.17, 15) is 14.4 Å². The summed E-state index contributed by atoms with van der Waals surface area (Å²) in [6.45, 7) is 0. The summed E-state index contributed by atoms with van der Waals surface area (Å²) in [5.74, 6) is -0.465. The Morgan fingerprint density at radius 2 is 1.22 bits per heavy atom. The summed E-state index contributed by atoms with van der Waals surface area (Å²) in [7, 11) is 0. The van der Waals surface area contributed by atoms with E-state index in [1.165, 1.54) is 11.8 Å². The van der Waals surface area contributed by atoms with Crippen LogP contribution in [0.25, 0.3) is 34.0 Å². The summed E-state index contributed by atoms with van der Waals surface area (Å²) in [6.07, 6.45) is 7.04. The second kappa shape index (κ2) is 10.4. The van der Waals surface area contributed by atoms with Gasteiger partial charge in [-0.3, -0.25) is 29.7 Å². The van der Waals surface area contributed by atoms with Crippen LogP contribution in [0.3, 0.4) is 0 Å². The molecule has 2 N–H and O–H groups in total. The highest BCUT2D eigenvalue weighted by Gasteiger charge is 2.25. The van der Waals surface area contributed by atoms with E-state index in [1.54, 1.807) is 18.5 Å². The summed E-state index contributed by atoms with van der Waals surface area (Å²) >= 11 is 7.16. The first-order valence-corrected chi connectivity index (χ1v) is 12.7. The Labute approximate surface area is 219 Å². The lowest BCUT2D eigenvalue weighted by Crippen LogP contribution is -2.17. The zero-order chi connectivity index (χ0) is 25.1. The van der Waals surface area contributed by atoms with E-state index in [-0.39, 0.29) is 17.1 Å². The topological polar surface area (TPSA) is 101 Å². The number of fused-ring (bicyclic) bond motifs is 2. The molecule has 2 aromatic heterocycles. The number of carbonyl (C=O) groups excluding carboxylic acids is 3. The molecule has 4 aromatic rings. The number of hydrogen-bond donors (Lipinski definition) is 2. The molecular formula is C26H16N4O3S3. The molecule has 7 nitrogen and oxygen atoms in total. The van der Waals surface area contributed by atoms with Gasteiger partial charge in [-0.15, -0.1) is 0 Å². The first kappa shape index (κ1) is 23.9. The van der Waals surface area contributed by atoms with Gasteiger partial charge in [0.05, 0.1) is 20.8 Å². The Bertz CT molecular complexity index is 1510. The number of thioether (sulfide) groups is 2. The third-order valence-electron chi connectivity index (χ3n) is 5.13. The Morgan fingerprint density at radius 3 is 1.69 bits per heavy atom. The predicted octanol–water partition coefficient (Wildman–Crippen LogP) is 5.28. The van der Waals surface area contributed by atoms with E-state index in [1.807, 2.05) is 66.7 Å². The van der Waals surface area contributed by atoms with E-state index < -0.39 is 0 Å². The minimum atomic E-state index is -0.337. The van der Waals surface area contributed by atoms with Crippen molar-refractivity contribution in [3.8, 4) is 0 Å². The fourth-order valence-corrected chi connectivity index (χ4v) is 5.24. The smallest absolute Gasteiger partial charge is 0.290 e. The molecule has 2 aliphatic heterocycles. The van der Waals surface area contributed by atoms with Gasteiger partial charge in [-0.25, -0.2) is 0 Å². The van der Waals surface area contributed by atoms with Crippen LogP contribution in [0.2, 0.25) is 0 Å². The molecule has 0 aliphatic carbocycles. The summed E-state index contributed by atoms with van der Waals surface area (Å²) < 4.78 is 0.508. The second-order valence-corrected chi connectivity index (χ2v) is 10.3. The highest BCUT2D eigenvalue weighted by molar-refractivity contribution is 8.26. The van der Waals surface area contributed by atoms with Crippen molar-refractivity contribution in [1.82, 2.24) is 20.6 Å². The molecule has 176 valence electrons. The zero-order valence-corrected chi connectivity index (χ0v) is 20.9. The number of hydrogen-bond acceptors (Lipinski definition) is 8. The average Bonchev–Trinajstić information content (AvgIpc) is 3.37. The van der Waals surface area contributed by atoms with Crippen molar-refractivity contribution < 1.29 is 14.4 Å². The SMILES string of the molecule is O=C1NC(=O)C(=Cc2ccc3ncccc3c2)S1.O=C1NC(=S)SC1=Cc1ccc2ncccc2c1. The van der Waals surface area contributed by atoms with Gasteiger partial charge >= 0.3 is 0 Å². The summed E-state index contributed by atoms with van der Waals surface area (Å²) in [5, 5.41) is 6.56. The van der Waals surface area contributed by atoms with Crippen molar-refractivity contribution in [2.45, 2.75) is 0 Å². The fraction of sp³-hybridized carbons (Fsp3) is 0. The average molecular weight is 529 g/mol. The van der Waals surface area contributed by atoms with Crippen molar-refractivity contribution in [2.24, 2.45) is 0 Å². The molecule has 0 spiro atoms. The Morgan fingerprint density at radius 1 is 0.694 bits per heavy atom. The monoisotopic (exact) mass is 528 g/mol. The van der Waals surface area contributed by atoms with Gasteiger partial charge in [-0.05, 0) is 71.4 Å². The first-order valence-electron chi connectivity index (χ1n) is 10.6. The maximum Gasteiger partial charge on any atom is 0.290 e. The molecule has 2 fully saturated rings. The first-order chi connectivity index (χ1) is 17.4. The molecule has 0 radical (unpaired) electrons. The third kappa shape index (κ3) is 5.51. The lowest BCUT2D eigenvalue weighted by molar-refractivity contribution is -0.116. The molecule has 36 heavy (non-hydrogen) atoms. The van der Waals surface area contributed by atoms with Crippen LogP contribution in [0.4, 0.5) is 4.79 Å². The van der Waals surface area contributed by atoms with Gasteiger partial charge in [0.15, 0.2) is 0 Å². The lowest BCUT2D eigenvalue weighted by atomic mass is 10.1. The van der Waals surface area contributed by atoms with E-state index in [0.29, 0.717) is 14.1 Å². The Kier molecular flexibility index (Phi) is 6.90. The number of rotatable bonds is 2. The van der Waals surface area contributed by atoms with E-state index >= 15 is 0 Å². The Balaban J connectivity index is 0.000000148. The van der Waals surface area contributed by atoms with Crippen molar-refractivity contribution in [2.75, 3.05) is 0 Å². The van der Waals surface area contributed by atoms with Crippen LogP contribution in [0.1, 0.15) is 11.1 Å². The minimum Gasteiger partial charge on any atom is -0.307 e. The number of carbonyl (C=O) groups is 3. The summed E-state index contributed by atoms with van der Waals surface area (Å²) in [5.41, 5.74) is 3.69. The van der Waals surface area contributed by atoms with Crippen molar-refractivity contribution in [3.63, 3.8) is 0 Å². The number of nitrogens with one attached hydrogen (secondary N) is 2. The van der Waals surface area contributed by atoms with Gasteiger partial charge in [0.2, 0.25) is 0 Å². The lowest BCUT2D eigenvalue weighted by Gasteiger charge is -1.99. The fourth-order valence-electron chi connectivity index (χ4n) is 3.51. The van der Waals surface area contributed by atoms with Gasteiger partial charge < -0.3 is 5.32 Å². The van der Waals surface area contributed by atoms with Crippen LogP contribution in [-0.2, 0) is 9.59 Å². The molecule has 3 amide bonds. The second-order valence-electron chi connectivity index (χ2n) is 7.62. The number of imide groups is 1. The molecular weight excluding hydrogens is 513 g/mol. The van der Waals surface area contributed by atoms with Crippen LogP contribution < -0.4 is 10.6 Å². The highest BCUT2D eigenvalue weighted by Crippen LogP contribution is 2.27. The highest BCUT2D eigenvalue weighted by atomic mass is 32.2. The van der Waals surface area contributed by atoms with Crippen molar-refractivity contribution >= 4 is 91.1 Å². The quantitative estimate of drug-likeness (QED) is 0.268. The van der Waals surface area contributed by atoms with Gasteiger partial charge in [0, 0.05) is 23.2 Å². The van der Waals surface area contributed by atoms with Crippen LogP contribution in [0.15, 0.2) is 82.9 Å². The van der Waals surface area contributed by atoms with Gasteiger partial charge in [0.25, 0.3) is 17.1 Å². The molecule has 6 rings (SSSR count). The predicted molar refractivity (Wildman–Crippen MR) is 149 cm³/mol. The molecule has 0 unspecified atom stereocenters. The van der Waals surface area contributed by atoms with Gasteiger partial charge in [0.1, 0.15) is 4.32 Å². The normalized spacial score (nSPS) is 17.4. The molecule has 0 saturated carbocycles. The number of benzene rings is 2. The van der Waals surface area contributed by atoms with E-state index in [2.05, 4.69) is 20.6 Å². The number of pyridine rings is 2. The van der Waals surface area contributed by atoms with E-state index in [4.69, 9.17) is 12.2 Å². The van der Waals surface area contributed by atoms with Crippen molar-refractivity contribution in [3.05, 3.63) is 94.0 Å². The maximum absolute atomic E-state index is 11.6. The molecule has 4 heterocycles. The third-order valence-corrected chi connectivity index (χ3v) is 7.11. The molecule has 2 aromatic carbocycles. The molecule has 0 atom stereocenters. The Hall–Kier alpha value is -3.86.